The Balaban J connectivity index is 1.58. The van der Waals surface area contributed by atoms with Crippen LogP contribution >= 0.6 is 22.7 Å². The second-order valence-electron chi connectivity index (χ2n) is 6.90. The third kappa shape index (κ3) is 2.40. The van der Waals surface area contributed by atoms with Gasteiger partial charge in [-0.1, -0.05) is 62.4 Å². The van der Waals surface area contributed by atoms with Crippen LogP contribution in [0.5, 0.6) is 0 Å². The van der Waals surface area contributed by atoms with Gasteiger partial charge in [-0.05, 0) is 30.0 Å². The summed E-state index contributed by atoms with van der Waals surface area (Å²) in [6.07, 6.45) is 8.47. The molecule has 0 nitrogen and oxygen atoms in total. The Bertz CT molecular complexity index is 983. The van der Waals surface area contributed by atoms with Gasteiger partial charge in [0.1, 0.15) is 0 Å². The van der Waals surface area contributed by atoms with Crippen LogP contribution in [0.25, 0.3) is 29.6 Å². The Labute approximate surface area is 144 Å². The van der Waals surface area contributed by atoms with Gasteiger partial charge in [0.05, 0.1) is 9.40 Å². The average molecular weight is 337 g/mol. The van der Waals surface area contributed by atoms with Crippen molar-refractivity contribution in [1.29, 1.82) is 0 Å². The molecule has 116 valence electrons. The van der Waals surface area contributed by atoms with Crippen LogP contribution in [-0.2, 0) is 6.42 Å². The summed E-state index contributed by atoms with van der Waals surface area (Å²) in [6, 6.07) is 16.0. The molecule has 0 unspecified atom stereocenters. The molecule has 0 amide bonds. The lowest BCUT2D eigenvalue weighted by molar-refractivity contribution is 0.357. The van der Waals surface area contributed by atoms with E-state index < -0.39 is 0 Å². The molecule has 0 saturated heterocycles. The van der Waals surface area contributed by atoms with E-state index in [0.29, 0.717) is 0 Å². The summed E-state index contributed by atoms with van der Waals surface area (Å²) in [7, 11) is 0. The van der Waals surface area contributed by atoms with Crippen molar-refractivity contribution in [3.05, 3.63) is 48.0 Å². The molecule has 4 aromatic rings. The second kappa shape index (κ2) is 5.61. The lowest BCUT2D eigenvalue weighted by Crippen LogP contribution is -2.08. The topological polar surface area (TPSA) is 0 Å². The maximum Gasteiger partial charge on any atom is 0.0542 e. The van der Waals surface area contributed by atoms with Crippen molar-refractivity contribution >= 4 is 52.2 Å². The first-order valence-corrected chi connectivity index (χ1v) is 10.3. The third-order valence-corrected chi connectivity index (χ3v) is 7.82. The number of hydrogen-bond acceptors (Lipinski definition) is 2. The molecule has 0 spiro atoms. The van der Waals surface area contributed by atoms with Gasteiger partial charge < -0.3 is 0 Å². The first kappa shape index (κ1) is 14.0. The predicted molar refractivity (Wildman–Crippen MR) is 105 cm³/mol. The van der Waals surface area contributed by atoms with Gasteiger partial charge in [-0.2, -0.15) is 0 Å². The fraction of sp³-hybridized carbons (Fsp3) is 0.333. The van der Waals surface area contributed by atoms with E-state index in [-0.39, 0.29) is 0 Å². The molecule has 0 bridgehead atoms. The zero-order chi connectivity index (χ0) is 15.2. The number of benzene rings is 2. The Morgan fingerprint density at radius 1 is 0.783 bits per heavy atom. The second-order valence-corrected chi connectivity index (χ2v) is 9.00. The molecule has 0 radical (unpaired) electrons. The Kier molecular flexibility index (Phi) is 3.42. The Morgan fingerprint density at radius 2 is 1.52 bits per heavy atom. The van der Waals surface area contributed by atoms with Gasteiger partial charge in [0.25, 0.3) is 0 Å². The molecule has 2 heteroatoms. The molecule has 0 aliphatic heterocycles. The zero-order valence-electron chi connectivity index (χ0n) is 13.2. The van der Waals surface area contributed by atoms with E-state index in [4.69, 9.17) is 0 Å². The van der Waals surface area contributed by atoms with Crippen molar-refractivity contribution in [1.82, 2.24) is 0 Å². The van der Waals surface area contributed by atoms with Gasteiger partial charge in [0.2, 0.25) is 0 Å². The predicted octanol–water partition coefficient (Wildman–Crippen LogP) is 7.39. The lowest BCUT2D eigenvalue weighted by Gasteiger charge is -2.21. The van der Waals surface area contributed by atoms with Crippen molar-refractivity contribution in [3.8, 4) is 0 Å². The first-order valence-electron chi connectivity index (χ1n) is 8.71. The van der Waals surface area contributed by atoms with Crippen molar-refractivity contribution < 1.29 is 0 Å². The van der Waals surface area contributed by atoms with E-state index in [1.165, 1.54) is 68.1 Å². The number of rotatable bonds is 2. The van der Waals surface area contributed by atoms with E-state index in [9.17, 15) is 0 Å². The summed E-state index contributed by atoms with van der Waals surface area (Å²) in [6.45, 7) is 0. The SMILES string of the molecule is c1ccc2c(c1)sc1c3ccc(CC4CCCCC4)cc3sc21. The average Bonchev–Trinajstić information content (AvgIpc) is 3.11. The molecule has 5 rings (SSSR count). The van der Waals surface area contributed by atoms with E-state index in [2.05, 4.69) is 42.5 Å². The molecule has 1 saturated carbocycles. The largest absolute Gasteiger partial charge is 0.134 e. The van der Waals surface area contributed by atoms with Crippen LogP contribution in [0.15, 0.2) is 42.5 Å². The normalized spacial score (nSPS) is 16.7. The molecule has 0 atom stereocenters. The van der Waals surface area contributed by atoms with Gasteiger partial charge in [0, 0.05) is 20.2 Å². The minimum absolute atomic E-state index is 0.920. The molecule has 1 aliphatic rings. The summed E-state index contributed by atoms with van der Waals surface area (Å²) in [5.74, 6) is 0.920. The monoisotopic (exact) mass is 336 g/mol. The van der Waals surface area contributed by atoms with Gasteiger partial charge in [-0.25, -0.2) is 0 Å². The molecule has 2 aromatic carbocycles. The first-order chi connectivity index (χ1) is 11.4. The molecular weight excluding hydrogens is 316 g/mol. The fourth-order valence-corrected chi connectivity index (χ4v) is 6.82. The van der Waals surface area contributed by atoms with Crippen molar-refractivity contribution in [2.45, 2.75) is 38.5 Å². The van der Waals surface area contributed by atoms with Gasteiger partial charge in [-0.3, -0.25) is 0 Å². The highest BCUT2D eigenvalue weighted by atomic mass is 32.1. The summed E-state index contributed by atoms with van der Waals surface area (Å²) in [5.41, 5.74) is 1.54. The highest BCUT2D eigenvalue weighted by Crippen LogP contribution is 2.44. The van der Waals surface area contributed by atoms with Crippen molar-refractivity contribution in [2.75, 3.05) is 0 Å². The van der Waals surface area contributed by atoms with Crippen LogP contribution < -0.4 is 0 Å². The number of hydrogen-bond donors (Lipinski definition) is 0. The van der Waals surface area contributed by atoms with E-state index in [1.54, 1.807) is 5.56 Å². The van der Waals surface area contributed by atoms with Crippen molar-refractivity contribution in [2.24, 2.45) is 5.92 Å². The molecule has 2 aromatic heterocycles. The van der Waals surface area contributed by atoms with E-state index in [0.717, 1.165) is 5.92 Å². The summed E-state index contributed by atoms with van der Waals surface area (Å²) in [4.78, 5) is 0. The summed E-state index contributed by atoms with van der Waals surface area (Å²) >= 11 is 3.93. The molecule has 1 aliphatic carbocycles. The minimum Gasteiger partial charge on any atom is -0.134 e. The molecule has 0 N–H and O–H groups in total. The highest BCUT2D eigenvalue weighted by Gasteiger charge is 2.16. The van der Waals surface area contributed by atoms with Crippen LogP contribution in [0.3, 0.4) is 0 Å². The van der Waals surface area contributed by atoms with E-state index in [1.807, 2.05) is 22.7 Å². The Morgan fingerprint density at radius 3 is 2.39 bits per heavy atom. The maximum absolute atomic E-state index is 2.47. The standard InChI is InChI=1S/C21H20S2/c1-2-6-14(7-3-1)12-15-10-11-17-19(13-15)23-20-16-8-4-5-9-18(16)22-21(17)20/h4-5,8-11,13-14H,1-3,6-7,12H2. The van der Waals surface area contributed by atoms with Crippen LogP contribution in [-0.4, -0.2) is 0 Å². The minimum atomic E-state index is 0.920. The number of thiophene rings is 2. The van der Waals surface area contributed by atoms with Crippen LogP contribution in [0, 0.1) is 5.92 Å². The van der Waals surface area contributed by atoms with E-state index >= 15 is 0 Å². The third-order valence-electron chi connectivity index (χ3n) is 5.30. The highest BCUT2D eigenvalue weighted by molar-refractivity contribution is 7.36. The molecule has 1 fully saturated rings. The lowest BCUT2D eigenvalue weighted by atomic mass is 9.85. The summed E-state index contributed by atoms with van der Waals surface area (Å²) in [5, 5.41) is 2.89. The summed E-state index contributed by atoms with van der Waals surface area (Å²) < 4.78 is 5.86. The van der Waals surface area contributed by atoms with Crippen molar-refractivity contribution in [3.63, 3.8) is 0 Å². The van der Waals surface area contributed by atoms with Crippen LogP contribution in [0.4, 0.5) is 0 Å². The Hall–Kier alpha value is -1.38. The van der Waals surface area contributed by atoms with Gasteiger partial charge >= 0.3 is 0 Å². The van der Waals surface area contributed by atoms with Gasteiger partial charge in [-0.15, -0.1) is 22.7 Å². The fourth-order valence-electron chi connectivity index (χ4n) is 4.10. The van der Waals surface area contributed by atoms with Crippen LogP contribution in [0.1, 0.15) is 37.7 Å². The quantitative estimate of drug-likeness (QED) is 0.358. The number of fused-ring (bicyclic) bond motifs is 5. The maximum atomic E-state index is 2.47. The molecule has 23 heavy (non-hydrogen) atoms. The van der Waals surface area contributed by atoms with Crippen LogP contribution in [0.2, 0.25) is 0 Å². The van der Waals surface area contributed by atoms with Gasteiger partial charge in [0.15, 0.2) is 0 Å². The molecule has 2 heterocycles. The smallest absolute Gasteiger partial charge is 0.0542 e. The zero-order valence-corrected chi connectivity index (χ0v) is 14.8. The molecular formula is C21H20S2.